The minimum Gasteiger partial charge on any atom is -0.326 e. The summed E-state index contributed by atoms with van der Waals surface area (Å²) in [6.45, 7) is 13.6. The van der Waals surface area contributed by atoms with Crippen LogP contribution < -0.4 is 10.6 Å². The van der Waals surface area contributed by atoms with Gasteiger partial charge in [0, 0.05) is 30.0 Å². The molecule has 0 radical (unpaired) electrons. The topological polar surface area (TPSA) is 71.3 Å². The molecule has 6 heteroatoms. The molecule has 168 valence electrons. The van der Waals surface area contributed by atoms with E-state index < -0.39 is 0 Å². The molecular formula is C26H33N5O. The number of carbonyl (C=O) groups excluding carboxylic acids is 1. The van der Waals surface area contributed by atoms with Gasteiger partial charge < -0.3 is 5.32 Å². The van der Waals surface area contributed by atoms with Crippen LogP contribution in [0, 0.1) is 34.6 Å². The van der Waals surface area contributed by atoms with Gasteiger partial charge in [0.1, 0.15) is 0 Å². The molecule has 0 bridgehead atoms. The molecule has 0 saturated heterocycles. The number of benzene rings is 2. The Hall–Kier alpha value is -3.41. The standard InChI is InChI=1S/C26H33N5O/c1-7-31-21(6)24(20(5)30-31)12-13-27-26(28-23-10-8-17(2)9-11-23)29-25(32)22-15-18(3)14-19(4)16-22/h8-11,14-16H,7,12-13H2,1-6H3,(H2,27,28,29,32). The van der Waals surface area contributed by atoms with Crippen molar-refractivity contribution in [3.8, 4) is 0 Å². The van der Waals surface area contributed by atoms with E-state index in [0.29, 0.717) is 18.1 Å². The monoisotopic (exact) mass is 431 g/mol. The van der Waals surface area contributed by atoms with Gasteiger partial charge in [-0.25, -0.2) is 0 Å². The van der Waals surface area contributed by atoms with Gasteiger partial charge in [-0.3, -0.25) is 19.8 Å². The molecule has 1 heterocycles. The highest BCUT2D eigenvalue weighted by Crippen LogP contribution is 2.14. The maximum Gasteiger partial charge on any atom is 0.257 e. The van der Waals surface area contributed by atoms with E-state index in [1.165, 1.54) is 16.8 Å². The number of rotatable bonds is 6. The minimum absolute atomic E-state index is 0.179. The van der Waals surface area contributed by atoms with Crippen LogP contribution in [-0.2, 0) is 13.0 Å². The van der Waals surface area contributed by atoms with Crippen molar-refractivity contribution < 1.29 is 4.79 Å². The summed E-state index contributed by atoms with van der Waals surface area (Å²) >= 11 is 0. The smallest absolute Gasteiger partial charge is 0.257 e. The van der Waals surface area contributed by atoms with Crippen molar-refractivity contribution in [2.24, 2.45) is 4.99 Å². The highest BCUT2D eigenvalue weighted by Gasteiger charge is 2.12. The Balaban J connectivity index is 1.80. The third-order valence-electron chi connectivity index (χ3n) is 5.49. The lowest BCUT2D eigenvalue weighted by molar-refractivity contribution is 0.0976. The molecule has 0 saturated carbocycles. The van der Waals surface area contributed by atoms with E-state index in [4.69, 9.17) is 4.99 Å². The van der Waals surface area contributed by atoms with Crippen molar-refractivity contribution >= 4 is 17.6 Å². The van der Waals surface area contributed by atoms with Crippen LogP contribution in [-0.4, -0.2) is 28.2 Å². The highest BCUT2D eigenvalue weighted by molar-refractivity contribution is 6.10. The van der Waals surface area contributed by atoms with Crippen molar-refractivity contribution in [2.75, 3.05) is 11.9 Å². The molecule has 0 aliphatic heterocycles. The Morgan fingerprint density at radius 3 is 2.22 bits per heavy atom. The largest absolute Gasteiger partial charge is 0.326 e. The second-order valence-electron chi connectivity index (χ2n) is 8.27. The third kappa shape index (κ3) is 5.84. The Kier molecular flexibility index (Phi) is 7.46. The van der Waals surface area contributed by atoms with Crippen LogP contribution in [0.4, 0.5) is 5.69 Å². The van der Waals surface area contributed by atoms with Gasteiger partial charge in [0.2, 0.25) is 5.96 Å². The Morgan fingerprint density at radius 1 is 0.969 bits per heavy atom. The van der Waals surface area contributed by atoms with Crippen molar-refractivity contribution in [3.05, 3.63) is 81.7 Å². The number of amides is 1. The lowest BCUT2D eigenvalue weighted by Gasteiger charge is -2.13. The molecule has 0 aliphatic carbocycles. The van der Waals surface area contributed by atoms with E-state index >= 15 is 0 Å². The summed E-state index contributed by atoms with van der Waals surface area (Å²) in [6.07, 6.45) is 0.760. The van der Waals surface area contributed by atoms with Crippen LogP contribution in [0.3, 0.4) is 0 Å². The maximum absolute atomic E-state index is 12.9. The zero-order valence-corrected chi connectivity index (χ0v) is 19.9. The first-order chi connectivity index (χ1) is 15.3. The van der Waals surface area contributed by atoms with Crippen LogP contribution in [0.25, 0.3) is 0 Å². The zero-order valence-electron chi connectivity index (χ0n) is 19.9. The summed E-state index contributed by atoms with van der Waals surface area (Å²) in [5.41, 5.74) is 8.20. The number of anilines is 1. The zero-order chi connectivity index (χ0) is 23.3. The van der Waals surface area contributed by atoms with Gasteiger partial charge in [-0.1, -0.05) is 34.9 Å². The first-order valence-electron chi connectivity index (χ1n) is 11.1. The van der Waals surface area contributed by atoms with Crippen molar-refractivity contribution in [3.63, 3.8) is 0 Å². The molecule has 0 aliphatic rings. The third-order valence-corrected chi connectivity index (χ3v) is 5.49. The van der Waals surface area contributed by atoms with E-state index in [0.717, 1.165) is 35.5 Å². The number of hydrogen-bond acceptors (Lipinski definition) is 3. The molecule has 1 amide bonds. The Labute approximate surface area is 190 Å². The second-order valence-corrected chi connectivity index (χ2v) is 8.27. The SMILES string of the molecule is CCn1nc(C)c(CCN=C(NC(=O)c2cc(C)cc(C)c2)Nc2ccc(C)cc2)c1C. The average molecular weight is 432 g/mol. The molecule has 6 nitrogen and oxygen atoms in total. The summed E-state index contributed by atoms with van der Waals surface area (Å²) in [6, 6.07) is 13.8. The molecule has 2 N–H and O–H groups in total. The molecule has 0 spiro atoms. The second kappa shape index (κ2) is 10.3. The number of aliphatic imine (C=N–C) groups is 1. The number of nitrogens with zero attached hydrogens (tertiary/aromatic N) is 3. The molecule has 0 unspecified atom stereocenters. The van der Waals surface area contributed by atoms with E-state index in [9.17, 15) is 4.79 Å². The lowest BCUT2D eigenvalue weighted by atomic mass is 10.1. The fourth-order valence-electron chi connectivity index (χ4n) is 3.85. The van der Waals surface area contributed by atoms with E-state index in [1.54, 1.807) is 0 Å². The van der Waals surface area contributed by atoms with Crippen LogP contribution in [0.2, 0.25) is 0 Å². The first kappa shape index (κ1) is 23.3. The minimum atomic E-state index is -0.179. The number of nitrogens with one attached hydrogen (secondary N) is 2. The highest BCUT2D eigenvalue weighted by atomic mass is 16.1. The summed E-state index contributed by atoms with van der Waals surface area (Å²) in [5, 5.41) is 10.8. The van der Waals surface area contributed by atoms with Gasteiger partial charge in [0.05, 0.1) is 5.69 Å². The van der Waals surface area contributed by atoms with Crippen LogP contribution in [0.15, 0.2) is 47.5 Å². The number of aryl methyl sites for hydroxylation is 5. The fourth-order valence-corrected chi connectivity index (χ4v) is 3.85. The van der Waals surface area contributed by atoms with Gasteiger partial charge in [-0.2, -0.15) is 5.10 Å². The Bertz CT molecular complexity index is 1110. The number of hydrogen-bond donors (Lipinski definition) is 2. The average Bonchev–Trinajstić information content (AvgIpc) is 3.02. The first-order valence-corrected chi connectivity index (χ1v) is 11.1. The van der Waals surface area contributed by atoms with E-state index in [-0.39, 0.29) is 5.91 Å². The van der Waals surface area contributed by atoms with Crippen LogP contribution >= 0.6 is 0 Å². The van der Waals surface area contributed by atoms with Crippen molar-refractivity contribution in [1.82, 2.24) is 15.1 Å². The number of carbonyl (C=O) groups is 1. The van der Waals surface area contributed by atoms with Crippen molar-refractivity contribution in [2.45, 2.75) is 54.5 Å². The van der Waals surface area contributed by atoms with Gasteiger partial charge in [-0.05, 0) is 77.8 Å². The Morgan fingerprint density at radius 2 is 1.62 bits per heavy atom. The predicted molar refractivity (Wildman–Crippen MR) is 132 cm³/mol. The summed E-state index contributed by atoms with van der Waals surface area (Å²) in [5.74, 6) is 0.262. The number of guanidine groups is 1. The molecular weight excluding hydrogens is 398 g/mol. The van der Waals surface area contributed by atoms with Gasteiger partial charge in [-0.15, -0.1) is 0 Å². The van der Waals surface area contributed by atoms with Gasteiger partial charge in [0.25, 0.3) is 5.91 Å². The summed E-state index contributed by atoms with van der Waals surface area (Å²) < 4.78 is 2.02. The maximum atomic E-state index is 12.9. The van der Waals surface area contributed by atoms with Crippen LogP contribution in [0.5, 0.6) is 0 Å². The lowest BCUT2D eigenvalue weighted by Crippen LogP contribution is -2.36. The summed E-state index contributed by atoms with van der Waals surface area (Å²) in [7, 11) is 0. The fraction of sp³-hybridized carbons (Fsp3) is 0.346. The van der Waals surface area contributed by atoms with Gasteiger partial charge in [0.15, 0.2) is 0 Å². The molecule has 3 rings (SSSR count). The quantitative estimate of drug-likeness (QED) is 0.431. The molecule has 0 atom stereocenters. The number of aromatic nitrogens is 2. The molecule has 0 fully saturated rings. The molecule has 2 aromatic carbocycles. The van der Waals surface area contributed by atoms with Gasteiger partial charge >= 0.3 is 0 Å². The van der Waals surface area contributed by atoms with Crippen LogP contribution in [0.1, 0.15) is 50.9 Å². The van der Waals surface area contributed by atoms with E-state index in [2.05, 4.69) is 35.6 Å². The normalized spacial score (nSPS) is 11.5. The molecule has 1 aromatic heterocycles. The molecule has 32 heavy (non-hydrogen) atoms. The van der Waals surface area contributed by atoms with E-state index in [1.807, 2.05) is 68.8 Å². The van der Waals surface area contributed by atoms with Crippen molar-refractivity contribution in [1.29, 1.82) is 0 Å². The molecule has 3 aromatic rings. The summed E-state index contributed by atoms with van der Waals surface area (Å²) in [4.78, 5) is 17.6. The predicted octanol–water partition coefficient (Wildman–Crippen LogP) is 4.89.